The number of rotatable bonds is 7. The zero-order chi connectivity index (χ0) is 19.4. The molecule has 0 bridgehead atoms. The van der Waals surface area contributed by atoms with E-state index >= 15 is 0 Å². The predicted octanol–water partition coefficient (Wildman–Crippen LogP) is 3.63. The van der Waals surface area contributed by atoms with Crippen molar-refractivity contribution in [3.8, 4) is 34.3 Å². The number of ether oxygens (including phenoxy) is 2. The molecule has 10 heteroatoms. The standard InChI is InChI=1S/C17H12BrF2N3O4/c18-10-3-6-13(26-17(19)20)12(7-10)16-22-15(23-27-16)9-1-4-11(5-2-9)25-8-14(21)24/h1-7,17H,8H2,(H2,21,24). The van der Waals surface area contributed by atoms with E-state index in [4.69, 9.17) is 15.0 Å². The Kier molecular flexibility index (Phi) is 5.65. The quantitative estimate of drug-likeness (QED) is 0.603. The number of nitrogens with zero attached hydrogens (tertiary/aromatic N) is 2. The van der Waals surface area contributed by atoms with Crippen LogP contribution in [0.3, 0.4) is 0 Å². The number of alkyl halides is 2. The summed E-state index contributed by atoms with van der Waals surface area (Å²) in [6.07, 6.45) is 0. The second kappa shape index (κ2) is 8.12. The molecule has 0 unspecified atom stereocenters. The van der Waals surface area contributed by atoms with Crippen molar-refractivity contribution in [1.29, 1.82) is 0 Å². The van der Waals surface area contributed by atoms with Crippen molar-refractivity contribution in [3.63, 3.8) is 0 Å². The molecule has 7 nitrogen and oxygen atoms in total. The van der Waals surface area contributed by atoms with Gasteiger partial charge >= 0.3 is 6.61 Å². The van der Waals surface area contributed by atoms with Crippen molar-refractivity contribution in [1.82, 2.24) is 10.1 Å². The molecule has 0 aliphatic heterocycles. The fourth-order valence-electron chi connectivity index (χ4n) is 2.17. The Morgan fingerprint density at radius 1 is 1.22 bits per heavy atom. The Labute approximate surface area is 160 Å². The van der Waals surface area contributed by atoms with Gasteiger partial charge in [0.2, 0.25) is 5.82 Å². The maximum Gasteiger partial charge on any atom is 0.387 e. The first kappa shape index (κ1) is 18.8. The number of primary amides is 1. The molecule has 3 rings (SSSR count). The van der Waals surface area contributed by atoms with Gasteiger partial charge in [0.25, 0.3) is 11.8 Å². The molecule has 0 fully saturated rings. The van der Waals surface area contributed by atoms with Gasteiger partial charge in [-0.15, -0.1) is 0 Å². The Bertz CT molecular complexity index is 948. The number of halogens is 3. The van der Waals surface area contributed by atoms with Crippen LogP contribution in [-0.2, 0) is 4.79 Å². The third kappa shape index (κ3) is 4.79. The van der Waals surface area contributed by atoms with E-state index in [-0.39, 0.29) is 29.6 Å². The molecule has 140 valence electrons. The zero-order valence-corrected chi connectivity index (χ0v) is 15.2. The predicted molar refractivity (Wildman–Crippen MR) is 94.2 cm³/mol. The van der Waals surface area contributed by atoms with Gasteiger partial charge in [0.05, 0.1) is 5.56 Å². The van der Waals surface area contributed by atoms with Gasteiger partial charge in [-0.3, -0.25) is 4.79 Å². The lowest BCUT2D eigenvalue weighted by molar-refractivity contribution is -0.119. The summed E-state index contributed by atoms with van der Waals surface area (Å²) in [7, 11) is 0. The van der Waals surface area contributed by atoms with Crippen molar-refractivity contribution in [2.75, 3.05) is 6.61 Å². The van der Waals surface area contributed by atoms with E-state index in [9.17, 15) is 13.6 Å². The summed E-state index contributed by atoms with van der Waals surface area (Å²) in [5, 5.41) is 3.86. The maximum atomic E-state index is 12.6. The molecule has 0 atom stereocenters. The number of carbonyl (C=O) groups excluding carboxylic acids is 1. The van der Waals surface area contributed by atoms with Crippen LogP contribution in [0.2, 0.25) is 0 Å². The van der Waals surface area contributed by atoms with E-state index in [1.807, 2.05) is 0 Å². The first-order valence-corrected chi connectivity index (χ1v) is 8.31. The van der Waals surface area contributed by atoms with Gasteiger partial charge < -0.3 is 19.7 Å². The Hall–Kier alpha value is -3.01. The molecular formula is C17H12BrF2N3O4. The second-order valence-electron chi connectivity index (χ2n) is 5.22. The highest BCUT2D eigenvalue weighted by molar-refractivity contribution is 9.10. The van der Waals surface area contributed by atoms with Crippen LogP contribution >= 0.6 is 15.9 Å². The molecule has 1 amide bonds. The summed E-state index contributed by atoms with van der Waals surface area (Å²) >= 11 is 3.26. The molecule has 1 heterocycles. The Morgan fingerprint density at radius 3 is 2.63 bits per heavy atom. The Morgan fingerprint density at radius 2 is 1.96 bits per heavy atom. The minimum absolute atomic E-state index is 0.0241. The Balaban J connectivity index is 1.85. The van der Waals surface area contributed by atoms with Crippen molar-refractivity contribution < 1.29 is 27.6 Å². The number of hydrogen-bond donors (Lipinski definition) is 1. The van der Waals surface area contributed by atoms with Gasteiger partial charge in [-0.25, -0.2) is 0 Å². The van der Waals surface area contributed by atoms with Crippen LogP contribution in [0.1, 0.15) is 0 Å². The largest absolute Gasteiger partial charge is 0.484 e. The van der Waals surface area contributed by atoms with Crippen LogP contribution in [0.15, 0.2) is 51.5 Å². The molecule has 3 aromatic rings. The van der Waals surface area contributed by atoms with Gasteiger partial charge in [-0.2, -0.15) is 13.8 Å². The van der Waals surface area contributed by atoms with Gasteiger partial charge in [-0.1, -0.05) is 21.1 Å². The second-order valence-corrected chi connectivity index (χ2v) is 6.14. The number of aromatic nitrogens is 2. The molecule has 27 heavy (non-hydrogen) atoms. The number of amides is 1. The number of hydrogen-bond acceptors (Lipinski definition) is 6. The van der Waals surface area contributed by atoms with Gasteiger partial charge in [0.15, 0.2) is 6.61 Å². The number of carbonyl (C=O) groups is 1. The molecule has 0 saturated heterocycles. The lowest BCUT2D eigenvalue weighted by Crippen LogP contribution is -2.19. The normalized spacial score (nSPS) is 10.8. The zero-order valence-electron chi connectivity index (χ0n) is 13.6. The summed E-state index contributed by atoms with van der Waals surface area (Å²) in [6, 6.07) is 11.0. The molecule has 1 aromatic heterocycles. The summed E-state index contributed by atoms with van der Waals surface area (Å²) in [4.78, 5) is 14.9. The van der Waals surface area contributed by atoms with Crippen LogP contribution in [0, 0.1) is 0 Å². The molecule has 2 aromatic carbocycles. The van der Waals surface area contributed by atoms with Crippen molar-refractivity contribution in [2.45, 2.75) is 6.61 Å². The van der Waals surface area contributed by atoms with Crippen molar-refractivity contribution >= 4 is 21.8 Å². The first-order valence-electron chi connectivity index (χ1n) is 7.52. The molecule has 0 aliphatic rings. The van der Waals surface area contributed by atoms with Crippen molar-refractivity contribution in [3.05, 3.63) is 46.9 Å². The topological polar surface area (TPSA) is 100 Å². The molecule has 2 N–H and O–H groups in total. The SMILES string of the molecule is NC(=O)COc1ccc(-c2noc(-c3cc(Br)ccc3OC(F)F)n2)cc1. The molecule has 0 spiro atoms. The monoisotopic (exact) mass is 439 g/mol. The minimum Gasteiger partial charge on any atom is -0.484 e. The molecule has 0 saturated carbocycles. The van der Waals surface area contributed by atoms with E-state index in [1.54, 1.807) is 30.3 Å². The van der Waals surface area contributed by atoms with Crippen molar-refractivity contribution in [2.24, 2.45) is 5.73 Å². The molecular weight excluding hydrogens is 428 g/mol. The van der Waals surface area contributed by atoms with E-state index in [0.717, 1.165) is 0 Å². The first-order chi connectivity index (χ1) is 12.9. The maximum absolute atomic E-state index is 12.6. The van der Waals surface area contributed by atoms with E-state index in [0.29, 0.717) is 15.8 Å². The highest BCUT2D eigenvalue weighted by atomic mass is 79.9. The average Bonchev–Trinajstić information content (AvgIpc) is 3.11. The van der Waals surface area contributed by atoms with E-state index in [2.05, 4.69) is 30.8 Å². The van der Waals surface area contributed by atoms with E-state index < -0.39 is 12.5 Å². The van der Waals surface area contributed by atoms with Crippen LogP contribution in [-0.4, -0.2) is 29.3 Å². The summed E-state index contributed by atoms with van der Waals surface area (Å²) in [5.74, 6) is 0.0441. The van der Waals surface area contributed by atoms with Gasteiger partial charge in [0.1, 0.15) is 11.5 Å². The lowest BCUT2D eigenvalue weighted by atomic mass is 10.2. The summed E-state index contributed by atoms with van der Waals surface area (Å²) in [5.41, 5.74) is 5.84. The summed E-state index contributed by atoms with van der Waals surface area (Å²) in [6.45, 7) is -3.22. The third-order valence-electron chi connectivity index (χ3n) is 3.31. The molecule has 0 aliphatic carbocycles. The highest BCUT2D eigenvalue weighted by Crippen LogP contribution is 2.34. The smallest absolute Gasteiger partial charge is 0.387 e. The summed E-state index contributed by atoms with van der Waals surface area (Å²) < 4.78 is 40.7. The van der Waals surface area contributed by atoms with Gasteiger partial charge in [0, 0.05) is 10.0 Å². The lowest BCUT2D eigenvalue weighted by Gasteiger charge is -2.08. The minimum atomic E-state index is -2.99. The van der Waals surface area contributed by atoms with Gasteiger partial charge in [-0.05, 0) is 42.5 Å². The van der Waals surface area contributed by atoms with Crippen LogP contribution in [0.4, 0.5) is 8.78 Å². The van der Waals surface area contributed by atoms with Crippen LogP contribution < -0.4 is 15.2 Å². The van der Waals surface area contributed by atoms with E-state index in [1.165, 1.54) is 12.1 Å². The fraction of sp³-hybridized carbons (Fsp3) is 0.118. The highest BCUT2D eigenvalue weighted by Gasteiger charge is 2.18. The number of benzene rings is 2. The molecule has 0 radical (unpaired) electrons. The average molecular weight is 440 g/mol. The third-order valence-corrected chi connectivity index (χ3v) is 3.80. The van der Waals surface area contributed by atoms with Crippen LogP contribution in [0.5, 0.6) is 11.5 Å². The fourth-order valence-corrected chi connectivity index (χ4v) is 2.53. The number of nitrogens with two attached hydrogens (primary N) is 1. The van der Waals surface area contributed by atoms with Crippen LogP contribution in [0.25, 0.3) is 22.8 Å².